The van der Waals surface area contributed by atoms with Crippen LogP contribution in [-0.2, 0) is 13.1 Å². The molecule has 3 aromatic rings. The molecule has 3 rings (SSSR count). The molecular formula is C16H18N4O2S2. The molecule has 0 aliphatic rings. The molecule has 0 saturated heterocycles. The maximum absolute atomic E-state index is 12.5. The van der Waals surface area contributed by atoms with Crippen molar-refractivity contribution in [2.75, 3.05) is 0 Å². The van der Waals surface area contributed by atoms with Crippen LogP contribution in [0.5, 0.6) is 0 Å². The Morgan fingerprint density at radius 2 is 2.21 bits per heavy atom. The van der Waals surface area contributed by atoms with Crippen LogP contribution in [0.2, 0.25) is 0 Å². The third-order valence-corrected chi connectivity index (χ3v) is 5.47. The second kappa shape index (κ2) is 6.82. The molecule has 8 heteroatoms. The zero-order valence-electron chi connectivity index (χ0n) is 13.7. The third kappa shape index (κ3) is 3.25. The van der Waals surface area contributed by atoms with E-state index in [0.717, 1.165) is 9.75 Å². The summed E-state index contributed by atoms with van der Waals surface area (Å²) in [4.78, 5) is 26.9. The van der Waals surface area contributed by atoms with E-state index >= 15 is 0 Å². The van der Waals surface area contributed by atoms with Crippen molar-refractivity contribution < 1.29 is 4.79 Å². The highest BCUT2D eigenvalue weighted by molar-refractivity contribution is 7.19. The number of aryl methyl sites for hydroxylation is 1. The summed E-state index contributed by atoms with van der Waals surface area (Å²) in [6.07, 6.45) is 0. The Labute approximate surface area is 147 Å². The van der Waals surface area contributed by atoms with Gasteiger partial charge in [0.2, 0.25) is 0 Å². The number of carbonyl (C=O) groups is 1. The fourth-order valence-corrected chi connectivity index (χ4v) is 4.11. The number of carbonyl (C=O) groups excluding carboxylic acids is 1. The average molecular weight is 362 g/mol. The highest BCUT2D eigenvalue weighted by Gasteiger charge is 2.21. The maximum atomic E-state index is 12.5. The van der Waals surface area contributed by atoms with E-state index < -0.39 is 0 Å². The fraction of sp³-hybridized carbons (Fsp3) is 0.375. The second-order valence-electron chi connectivity index (χ2n) is 5.94. The minimum absolute atomic E-state index is 0.181. The van der Waals surface area contributed by atoms with Gasteiger partial charge in [-0.15, -0.1) is 27.8 Å². The minimum atomic E-state index is -0.220. The standard InChI is InChI=1S/C16H18N4O2S2/c1-9(2)8-20-16(22)14-13(18-19-20)12(10(3)24-14)15(21)17-7-11-5-4-6-23-11/h4-6,9H,7-8H2,1-3H3,(H,17,21). The number of fused-ring (bicyclic) bond motifs is 1. The number of aromatic nitrogens is 3. The van der Waals surface area contributed by atoms with Crippen LogP contribution in [0.15, 0.2) is 22.3 Å². The molecule has 3 heterocycles. The smallest absolute Gasteiger partial charge is 0.287 e. The van der Waals surface area contributed by atoms with Crippen LogP contribution in [0, 0.1) is 12.8 Å². The van der Waals surface area contributed by atoms with Gasteiger partial charge in [0, 0.05) is 16.3 Å². The van der Waals surface area contributed by atoms with E-state index in [2.05, 4.69) is 15.6 Å². The Kier molecular flexibility index (Phi) is 4.77. The van der Waals surface area contributed by atoms with Crippen molar-refractivity contribution >= 4 is 38.8 Å². The van der Waals surface area contributed by atoms with Gasteiger partial charge in [0.25, 0.3) is 11.5 Å². The van der Waals surface area contributed by atoms with E-state index in [-0.39, 0.29) is 11.5 Å². The van der Waals surface area contributed by atoms with Gasteiger partial charge in [0.05, 0.1) is 12.1 Å². The maximum Gasteiger partial charge on any atom is 0.287 e. The van der Waals surface area contributed by atoms with Crippen molar-refractivity contribution in [1.29, 1.82) is 0 Å². The first-order valence-electron chi connectivity index (χ1n) is 7.65. The first kappa shape index (κ1) is 16.8. The molecule has 1 amide bonds. The van der Waals surface area contributed by atoms with Gasteiger partial charge in [-0.05, 0) is 24.3 Å². The molecule has 1 N–H and O–H groups in total. The Morgan fingerprint density at radius 1 is 1.42 bits per heavy atom. The van der Waals surface area contributed by atoms with Crippen LogP contribution in [0.25, 0.3) is 10.2 Å². The normalized spacial score (nSPS) is 11.3. The molecule has 0 spiro atoms. The second-order valence-corrected chi connectivity index (χ2v) is 8.20. The fourth-order valence-electron chi connectivity index (χ4n) is 2.43. The van der Waals surface area contributed by atoms with E-state index in [1.54, 1.807) is 11.3 Å². The lowest BCUT2D eigenvalue weighted by molar-refractivity contribution is 0.0952. The molecule has 0 fully saturated rings. The summed E-state index contributed by atoms with van der Waals surface area (Å²) in [5.41, 5.74) is 0.665. The van der Waals surface area contributed by atoms with Crippen LogP contribution >= 0.6 is 22.7 Å². The highest BCUT2D eigenvalue weighted by atomic mass is 32.1. The van der Waals surface area contributed by atoms with Crippen molar-refractivity contribution in [3.63, 3.8) is 0 Å². The molecular weight excluding hydrogens is 344 g/mol. The molecule has 0 aliphatic carbocycles. The molecule has 24 heavy (non-hydrogen) atoms. The summed E-state index contributed by atoms with van der Waals surface area (Å²) < 4.78 is 1.86. The van der Waals surface area contributed by atoms with Crippen LogP contribution in [-0.4, -0.2) is 20.9 Å². The van der Waals surface area contributed by atoms with Crippen molar-refractivity contribution in [2.45, 2.75) is 33.9 Å². The SMILES string of the molecule is Cc1sc2c(=O)n(CC(C)C)nnc2c1C(=O)NCc1cccs1. The van der Waals surface area contributed by atoms with Gasteiger partial charge in [0.15, 0.2) is 0 Å². The van der Waals surface area contributed by atoms with Crippen LogP contribution in [0.4, 0.5) is 0 Å². The lowest BCUT2D eigenvalue weighted by Gasteiger charge is -2.06. The van der Waals surface area contributed by atoms with E-state index in [0.29, 0.717) is 34.8 Å². The number of hydrogen-bond acceptors (Lipinski definition) is 6. The number of amides is 1. The molecule has 0 atom stereocenters. The summed E-state index contributed by atoms with van der Waals surface area (Å²) in [7, 11) is 0. The zero-order chi connectivity index (χ0) is 17.3. The molecule has 0 bridgehead atoms. The summed E-state index contributed by atoms with van der Waals surface area (Å²) in [6.45, 7) is 6.84. The number of nitrogens with zero attached hydrogens (tertiary/aromatic N) is 3. The topological polar surface area (TPSA) is 76.9 Å². The predicted molar refractivity (Wildman–Crippen MR) is 96.7 cm³/mol. The highest BCUT2D eigenvalue weighted by Crippen LogP contribution is 2.26. The molecule has 0 aromatic carbocycles. The predicted octanol–water partition coefficient (Wildman–Crippen LogP) is 2.81. The quantitative estimate of drug-likeness (QED) is 0.757. The van der Waals surface area contributed by atoms with Crippen LogP contribution < -0.4 is 10.9 Å². The molecule has 0 unspecified atom stereocenters. The molecule has 126 valence electrons. The molecule has 0 aliphatic heterocycles. The number of thiophene rings is 2. The van der Waals surface area contributed by atoms with E-state index in [4.69, 9.17) is 0 Å². The van der Waals surface area contributed by atoms with E-state index in [1.165, 1.54) is 16.0 Å². The summed E-state index contributed by atoms with van der Waals surface area (Å²) in [5, 5.41) is 13.0. The summed E-state index contributed by atoms with van der Waals surface area (Å²) in [5.74, 6) is 0.0755. The molecule has 6 nitrogen and oxygen atoms in total. The van der Waals surface area contributed by atoms with Gasteiger partial charge >= 0.3 is 0 Å². The first-order valence-corrected chi connectivity index (χ1v) is 9.34. The molecule has 0 saturated carbocycles. The number of nitrogens with one attached hydrogen (secondary N) is 1. The lowest BCUT2D eigenvalue weighted by Crippen LogP contribution is -2.27. The van der Waals surface area contributed by atoms with Crippen LogP contribution in [0.1, 0.15) is 34.0 Å². The third-order valence-electron chi connectivity index (χ3n) is 3.51. The molecule has 3 aromatic heterocycles. The summed E-state index contributed by atoms with van der Waals surface area (Å²) in [6, 6.07) is 3.91. The van der Waals surface area contributed by atoms with Gasteiger partial charge in [-0.2, -0.15) is 0 Å². The van der Waals surface area contributed by atoms with E-state index in [1.807, 2.05) is 38.3 Å². The van der Waals surface area contributed by atoms with E-state index in [9.17, 15) is 9.59 Å². The van der Waals surface area contributed by atoms with Crippen molar-refractivity contribution in [1.82, 2.24) is 20.3 Å². The Bertz CT molecular complexity index is 926. The van der Waals surface area contributed by atoms with Crippen molar-refractivity contribution in [3.05, 3.63) is 43.2 Å². The Morgan fingerprint density at radius 3 is 2.88 bits per heavy atom. The molecule has 0 radical (unpaired) electrons. The van der Waals surface area contributed by atoms with Gasteiger partial charge in [-0.3, -0.25) is 9.59 Å². The minimum Gasteiger partial charge on any atom is -0.347 e. The van der Waals surface area contributed by atoms with Crippen molar-refractivity contribution in [3.8, 4) is 0 Å². The van der Waals surface area contributed by atoms with Gasteiger partial charge < -0.3 is 5.32 Å². The Hall–Kier alpha value is -2.06. The van der Waals surface area contributed by atoms with Gasteiger partial charge in [-0.1, -0.05) is 25.1 Å². The zero-order valence-corrected chi connectivity index (χ0v) is 15.3. The van der Waals surface area contributed by atoms with Gasteiger partial charge in [0.1, 0.15) is 10.2 Å². The average Bonchev–Trinajstić information content (AvgIpc) is 3.15. The van der Waals surface area contributed by atoms with Crippen LogP contribution in [0.3, 0.4) is 0 Å². The monoisotopic (exact) mass is 362 g/mol. The van der Waals surface area contributed by atoms with Gasteiger partial charge in [-0.25, -0.2) is 4.68 Å². The number of rotatable bonds is 5. The van der Waals surface area contributed by atoms with Crippen molar-refractivity contribution in [2.24, 2.45) is 5.92 Å². The summed E-state index contributed by atoms with van der Waals surface area (Å²) >= 11 is 2.89. The Balaban J connectivity index is 1.93. The lowest BCUT2D eigenvalue weighted by atomic mass is 10.2. The largest absolute Gasteiger partial charge is 0.347 e. The number of hydrogen-bond donors (Lipinski definition) is 1. The first-order chi connectivity index (χ1) is 11.5.